The third-order valence-corrected chi connectivity index (χ3v) is 3.42. The van der Waals surface area contributed by atoms with Crippen molar-refractivity contribution in [2.75, 3.05) is 6.54 Å². The fourth-order valence-electron chi connectivity index (χ4n) is 2.65. The third kappa shape index (κ3) is 2.04. The van der Waals surface area contributed by atoms with Gasteiger partial charge in [-0.25, -0.2) is 4.68 Å². The fraction of sp³-hybridized carbons (Fsp3) is 0.818. The average Bonchev–Trinajstić information content (AvgIpc) is 2.84. The molecule has 4 nitrogen and oxygen atoms in total. The van der Waals surface area contributed by atoms with E-state index in [9.17, 15) is 0 Å². The van der Waals surface area contributed by atoms with E-state index in [4.69, 9.17) is 5.73 Å². The van der Waals surface area contributed by atoms with Crippen LogP contribution in [0.4, 0.5) is 0 Å². The summed E-state index contributed by atoms with van der Waals surface area (Å²) >= 11 is 0. The van der Waals surface area contributed by atoms with Crippen molar-refractivity contribution in [2.45, 2.75) is 45.1 Å². The molecule has 0 aliphatic heterocycles. The summed E-state index contributed by atoms with van der Waals surface area (Å²) in [5, 5.41) is 8.17. The number of hydrogen-bond acceptors (Lipinski definition) is 3. The van der Waals surface area contributed by atoms with Gasteiger partial charge in [-0.3, -0.25) is 0 Å². The Labute approximate surface area is 90.8 Å². The first-order chi connectivity index (χ1) is 7.36. The van der Waals surface area contributed by atoms with Gasteiger partial charge in [-0.15, -0.1) is 5.10 Å². The van der Waals surface area contributed by atoms with Crippen molar-refractivity contribution in [3.05, 3.63) is 11.9 Å². The highest BCUT2D eigenvalue weighted by molar-refractivity contribution is 5.08. The van der Waals surface area contributed by atoms with Gasteiger partial charge in [0.25, 0.3) is 0 Å². The number of nitrogens with two attached hydrogens (primary N) is 1. The molecule has 0 aromatic carbocycles. The zero-order chi connectivity index (χ0) is 10.7. The molecule has 2 rings (SSSR count). The molecule has 1 aromatic heterocycles. The van der Waals surface area contributed by atoms with Crippen LogP contribution in [0.5, 0.6) is 0 Å². The van der Waals surface area contributed by atoms with E-state index < -0.39 is 0 Å². The highest BCUT2D eigenvalue weighted by Crippen LogP contribution is 2.38. The Morgan fingerprint density at radius 3 is 3.13 bits per heavy atom. The summed E-state index contributed by atoms with van der Waals surface area (Å²) in [4.78, 5) is 0. The quantitative estimate of drug-likeness (QED) is 0.816. The fourth-order valence-corrected chi connectivity index (χ4v) is 2.65. The minimum Gasteiger partial charge on any atom is -0.330 e. The van der Waals surface area contributed by atoms with Gasteiger partial charge < -0.3 is 5.73 Å². The monoisotopic (exact) mass is 208 g/mol. The molecule has 0 bridgehead atoms. The van der Waals surface area contributed by atoms with Crippen LogP contribution in [-0.2, 0) is 6.54 Å². The minimum absolute atomic E-state index is 0.594. The molecule has 2 atom stereocenters. The molecule has 15 heavy (non-hydrogen) atoms. The number of aryl methyl sites for hydroxylation is 1. The highest BCUT2D eigenvalue weighted by atomic mass is 15.4. The summed E-state index contributed by atoms with van der Waals surface area (Å²) in [6.45, 7) is 3.94. The van der Waals surface area contributed by atoms with Crippen molar-refractivity contribution >= 4 is 0 Å². The van der Waals surface area contributed by atoms with E-state index in [1.165, 1.54) is 25.0 Å². The summed E-state index contributed by atoms with van der Waals surface area (Å²) in [7, 11) is 0. The normalized spacial score (nSPS) is 26.0. The standard InChI is InChI=1S/C11H20N4/c1-2-6-15-11(8-13-14-15)10-5-3-4-9(10)7-12/h8-10H,2-7,12H2,1H3. The smallest absolute Gasteiger partial charge is 0.0728 e. The zero-order valence-electron chi connectivity index (χ0n) is 9.39. The number of rotatable bonds is 4. The Hall–Kier alpha value is -0.900. The molecule has 0 spiro atoms. The SMILES string of the molecule is CCCn1nncc1C1CCCC1CN. The zero-order valence-corrected chi connectivity index (χ0v) is 9.39. The van der Waals surface area contributed by atoms with Gasteiger partial charge in [-0.2, -0.15) is 0 Å². The van der Waals surface area contributed by atoms with Gasteiger partial charge in [0, 0.05) is 12.5 Å². The van der Waals surface area contributed by atoms with Crippen molar-refractivity contribution in [3.63, 3.8) is 0 Å². The Morgan fingerprint density at radius 2 is 2.40 bits per heavy atom. The average molecular weight is 208 g/mol. The van der Waals surface area contributed by atoms with Gasteiger partial charge >= 0.3 is 0 Å². The van der Waals surface area contributed by atoms with Crippen molar-refractivity contribution in [3.8, 4) is 0 Å². The van der Waals surface area contributed by atoms with Crippen LogP contribution in [0, 0.1) is 5.92 Å². The van der Waals surface area contributed by atoms with E-state index in [1.54, 1.807) is 0 Å². The van der Waals surface area contributed by atoms with E-state index in [2.05, 4.69) is 21.9 Å². The van der Waals surface area contributed by atoms with Crippen LogP contribution in [0.15, 0.2) is 6.20 Å². The topological polar surface area (TPSA) is 56.7 Å². The lowest BCUT2D eigenvalue weighted by Crippen LogP contribution is -2.19. The van der Waals surface area contributed by atoms with Gasteiger partial charge in [0.05, 0.1) is 11.9 Å². The Bertz CT molecular complexity index is 307. The number of hydrogen-bond donors (Lipinski definition) is 1. The Morgan fingerprint density at radius 1 is 1.53 bits per heavy atom. The summed E-state index contributed by atoms with van der Waals surface area (Å²) in [6.07, 6.45) is 6.84. The van der Waals surface area contributed by atoms with Crippen molar-refractivity contribution in [2.24, 2.45) is 11.7 Å². The van der Waals surface area contributed by atoms with Crippen LogP contribution >= 0.6 is 0 Å². The maximum Gasteiger partial charge on any atom is 0.0728 e. The molecule has 2 unspecified atom stereocenters. The molecular weight excluding hydrogens is 188 g/mol. The molecular formula is C11H20N4. The van der Waals surface area contributed by atoms with Gasteiger partial charge in [-0.1, -0.05) is 18.6 Å². The maximum atomic E-state index is 5.80. The lowest BCUT2D eigenvalue weighted by molar-refractivity contribution is 0.449. The Balaban J connectivity index is 2.16. The lowest BCUT2D eigenvalue weighted by atomic mass is 9.93. The van der Waals surface area contributed by atoms with E-state index in [0.29, 0.717) is 11.8 Å². The number of aromatic nitrogens is 3. The molecule has 1 saturated carbocycles. The molecule has 1 aliphatic rings. The molecule has 0 radical (unpaired) electrons. The van der Waals surface area contributed by atoms with Crippen LogP contribution in [0.2, 0.25) is 0 Å². The minimum atomic E-state index is 0.594. The third-order valence-electron chi connectivity index (χ3n) is 3.42. The van der Waals surface area contributed by atoms with Crippen molar-refractivity contribution in [1.82, 2.24) is 15.0 Å². The van der Waals surface area contributed by atoms with Crippen LogP contribution in [0.3, 0.4) is 0 Å². The second kappa shape index (κ2) is 4.75. The van der Waals surface area contributed by atoms with E-state index >= 15 is 0 Å². The van der Waals surface area contributed by atoms with Gasteiger partial charge in [0.1, 0.15) is 0 Å². The second-order valence-corrected chi connectivity index (χ2v) is 4.42. The predicted octanol–water partition coefficient (Wildman–Crippen LogP) is 1.53. The van der Waals surface area contributed by atoms with Gasteiger partial charge in [-0.05, 0) is 31.7 Å². The first-order valence-electron chi connectivity index (χ1n) is 5.95. The second-order valence-electron chi connectivity index (χ2n) is 4.42. The Kier molecular flexibility index (Phi) is 3.36. The summed E-state index contributed by atoms with van der Waals surface area (Å²) in [6, 6.07) is 0. The summed E-state index contributed by atoms with van der Waals surface area (Å²) < 4.78 is 2.05. The van der Waals surface area contributed by atoms with E-state index in [1.807, 2.05) is 6.20 Å². The van der Waals surface area contributed by atoms with Gasteiger partial charge in [0.2, 0.25) is 0 Å². The van der Waals surface area contributed by atoms with Crippen molar-refractivity contribution in [1.29, 1.82) is 0 Å². The van der Waals surface area contributed by atoms with Crippen LogP contribution in [-0.4, -0.2) is 21.5 Å². The first-order valence-corrected chi connectivity index (χ1v) is 5.95. The highest BCUT2D eigenvalue weighted by Gasteiger charge is 2.30. The van der Waals surface area contributed by atoms with Gasteiger partial charge in [0.15, 0.2) is 0 Å². The molecule has 1 aromatic rings. The number of nitrogens with zero attached hydrogens (tertiary/aromatic N) is 3. The molecule has 1 aliphatic carbocycles. The van der Waals surface area contributed by atoms with E-state index in [0.717, 1.165) is 19.5 Å². The van der Waals surface area contributed by atoms with Crippen LogP contribution in [0.1, 0.15) is 44.2 Å². The van der Waals surface area contributed by atoms with Crippen LogP contribution in [0.25, 0.3) is 0 Å². The first kappa shape index (κ1) is 10.6. The molecule has 1 fully saturated rings. The summed E-state index contributed by atoms with van der Waals surface area (Å²) in [5.74, 6) is 1.23. The van der Waals surface area contributed by atoms with E-state index in [-0.39, 0.29) is 0 Å². The largest absolute Gasteiger partial charge is 0.330 e. The molecule has 84 valence electrons. The van der Waals surface area contributed by atoms with Crippen molar-refractivity contribution < 1.29 is 0 Å². The molecule has 0 saturated heterocycles. The van der Waals surface area contributed by atoms with Crippen LogP contribution < -0.4 is 5.73 Å². The molecule has 2 N–H and O–H groups in total. The lowest BCUT2D eigenvalue weighted by Gasteiger charge is -2.18. The maximum absolute atomic E-state index is 5.80. The predicted molar refractivity (Wildman–Crippen MR) is 59.4 cm³/mol. The molecule has 4 heteroatoms. The summed E-state index contributed by atoms with van der Waals surface area (Å²) in [5.41, 5.74) is 7.10. The molecule has 0 amide bonds. The molecule has 1 heterocycles.